The normalized spacial score (nSPS) is 23.0. The van der Waals surface area contributed by atoms with Crippen LogP contribution >= 0.6 is 11.6 Å². The molecule has 1 fully saturated rings. The van der Waals surface area contributed by atoms with Crippen molar-refractivity contribution in [3.8, 4) is 5.75 Å². The molecule has 0 spiro atoms. The topological polar surface area (TPSA) is 67.4 Å². The molecule has 2 atom stereocenters. The van der Waals surface area contributed by atoms with Crippen molar-refractivity contribution in [2.45, 2.75) is 23.0 Å². The molecule has 0 saturated carbocycles. The van der Waals surface area contributed by atoms with E-state index in [9.17, 15) is 26.0 Å². The second kappa shape index (κ2) is 7.51. The molecule has 0 aromatic heterocycles. The Morgan fingerprint density at radius 2 is 1.71 bits per heavy atom. The van der Waals surface area contributed by atoms with Crippen LogP contribution < -0.4 is 14.8 Å². The maximum absolute atomic E-state index is 14.8. The molecule has 1 aliphatic rings. The summed E-state index contributed by atoms with van der Waals surface area (Å²) in [7, 11) is -4.25. The fraction of sp³-hybridized carbons (Fsp3) is 0.294. The lowest BCUT2D eigenvalue weighted by atomic mass is 9.89. The van der Waals surface area contributed by atoms with Crippen LogP contribution in [0.3, 0.4) is 0 Å². The van der Waals surface area contributed by atoms with Crippen LogP contribution in [-0.4, -0.2) is 34.0 Å². The quantitative estimate of drug-likeness (QED) is 0.703. The summed E-state index contributed by atoms with van der Waals surface area (Å²) < 4.78 is 83.1. The minimum Gasteiger partial charge on any atom is -0.406 e. The van der Waals surface area contributed by atoms with Gasteiger partial charge in [0.2, 0.25) is 10.0 Å². The van der Waals surface area contributed by atoms with Crippen molar-refractivity contribution in [3.05, 3.63) is 59.1 Å². The van der Waals surface area contributed by atoms with Gasteiger partial charge in [-0.25, -0.2) is 12.8 Å². The van der Waals surface area contributed by atoms with Crippen molar-refractivity contribution in [1.29, 1.82) is 0 Å². The number of nitrogens with one attached hydrogen (secondary N) is 2. The van der Waals surface area contributed by atoms with E-state index in [-0.39, 0.29) is 18.0 Å². The van der Waals surface area contributed by atoms with Gasteiger partial charge in [-0.05, 0) is 42.0 Å². The van der Waals surface area contributed by atoms with E-state index in [0.29, 0.717) is 10.6 Å². The predicted octanol–water partition coefficient (Wildman–Crippen LogP) is 3.35. The van der Waals surface area contributed by atoms with Crippen LogP contribution in [0.4, 0.5) is 17.6 Å². The Kier molecular flexibility index (Phi) is 5.59. The third kappa shape index (κ3) is 4.40. The van der Waals surface area contributed by atoms with Gasteiger partial charge in [-0.1, -0.05) is 23.7 Å². The van der Waals surface area contributed by atoms with Crippen LogP contribution in [-0.2, 0) is 15.6 Å². The highest BCUT2D eigenvalue weighted by molar-refractivity contribution is 7.89. The molecule has 28 heavy (non-hydrogen) atoms. The Morgan fingerprint density at radius 1 is 1.11 bits per heavy atom. The maximum atomic E-state index is 14.8. The number of rotatable bonds is 5. The van der Waals surface area contributed by atoms with E-state index < -0.39 is 33.8 Å². The van der Waals surface area contributed by atoms with Crippen LogP contribution in [0.2, 0.25) is 5.02 Å². The second-order valence-electron chi connectivity index (χ2n) is 6.20. The van der Waals surface area contributed by atoms with Crippen LogP contribution in [0, 0.1) is 0 Å². The molecule has 0 bridgehead atoms. The highest BCUT2D eigenvalue weighted by Gasteiger charge is 2.48. The molecule has 2 aromatic rings. The van der Waals surface area contributed by atoms with Gasteiger partial charge in [0.15, 0.2) is 0 Å². The molecule has 5 nitrogen and oxygen atoms in total. The van der Waals surface area contributed by atoms with E-state index in [1.54, 1.807) is 0 Å². The highest BCUT2D eigenvalue weighted by Crippen LogP contribution is 2.33. The van der Waals surface area contributed by atoms with Gasteiger partial charge in [-0.3, -0.25) is 0 Å². The first-order valence-corrected chi connectivity index (χ1v) is 9.89. The van der Waals surface area contributed by atoms with Gasteiger partial charge in [-0.15, -0.1) is 13.2 Å². The average Bonchev–Trinajstić information content (AvgIpc) is 2.95. The largest absolute Gasteiger partial charge is 0.573 e. The summed E-state index contributed by atoms with van der Waals surface area (Å²) in [5.41, 5.74) is -1.21. The fourth-order valence-electron chi connectivity index (χ4n) is 2.99. The van der Waals surface area contributed by atoms with Crippen molar-refractivity contribution in [3.63, 3.8) is 0 Å². The highest BCUT2D eigenvalue weighted by atomic mass is 35.5. The predicted molar refractivity (Wildman–Crippen MR) is 94.3 cm³/mol. The van der Waals surface area contributed by atoms with Crippen molar-refractivity contribution in [2.24, 2.45) is 0 Å². The summed E-state index contributed by atoms with van der Waals surface area (Å²) in [6, 6.07) is 9.72. The lowest BCUT2D eigenvalue weighted by molar-refractivity contribution is -0.274. The molecule has 3 rings (SSSR count). The molecule has 11 heteroatoms. The third-order valence-corrected chi connectivity index (χ3v) is 6.08. The first-order chi connectivity index (χ1) is 13.0. The number of sulfonamides is 1. The zero-order valence-corrected chi connectivity index (χ0v) is 15.7. The molecule has 0 radical (unpaired) electrons. The lowest BCUT2D eigenvalue weighted by Gasteiger charge is -2.32. The maximum Gasteiger partial charge on any atom is 0.573 e. The Labute approximate surface area is 163 Å². The van der Waals surface area contributed by atoms with E-state index in [2.05, 4.69) is 14.8 Å². The molecule has 0 unspecified atom stereocenters. The molecule has 0 amide bonds. The standard InChI is InChI=1S/C17H15ClF4N2O3S/c18-12-3-1-11(2-4-12)16(10-23-9-15(16)19)24-28(25,26)14-7-5-13(6-8-14)27-17(20,21)22/h1-8,15,23-24H,9-10H2/t15-,16+/m1/s1. The molecule has 2 aromatic carbocycles. The molecular formula is C17H15ClF4N2O3S. The summed E-state index contributed by atoms with van der Waals surface area (Å²) >= 11 is 5.85. The SMILES string of the molecule is O=S(=O)(N[C@]1(c2ccc(Cl)cc2)CNC[C@H]1F)c1ccc(OC(F)(F)F)cc1. The molecule has 1 saturated heterocycles. The van der Waals surface area contributed by atoms with E-state index in [0.717, 1.165) is 24.3 Å². The van der Waals surface area contributed by atoms with Gasteiger partial charge < -0.3 is 10.1 Å². The number of halogens is 5. The van der Waals surface area contributed by atoms with Gasteiger partial charge in [0.25, 0.3) is 0 Å². The van der Waals surface area contributed by atoms with Gasteiger partial charge >= 0.3 is 6.36 Å². The zero-order chi connectivity index (χ0) is 20.6. The molecule has 152 valence electrons. The fourth-order valence-corrected chi connectivity index (χ4v) is 4.53. The second-order valence-corrected chi connectivity index (χ2v) is 8.32. The summed E-state index contributed by atoms with van der Waals surface area (Å²) in [6.07, 6.45) is -6.47. The van der Waals surface area contributed by atoms with Crippen molar-refractivity contribution in [2.75, 3.05) is 13.1 Å². The first kappa shape index (κ1) is 20.8. The van der Waals surface area contributed by atoms with Crippen LogP contribution in [0.15, 0.2) is 53.4 Å². The summed E-state index contributed by atoms with van der Waals surface area (Å²) in [5, 5.41) is 3.21. The Balaban J connectivity index is 1.91. The third-order valence-electron chi connectivity index (χ3n) is 4.31. The van der Waals surface area contributed by atoms with Gasteiger partial charge in [0.1, 0.15) is 17.5 Å². The summed E-state index contributed by atoms with van der Waals surface area (Å²) in [4.78, 5) is -0.325. The monoisotopic (exact) mass is 438 g/mol. The Bertz CT molecular complexity index is 936. The average molecular weight is 439 g/mol. The summed E-state index contributed by atoms with van der Waals surface area (Å²) in [5.74, 6) is -0.565. The van der Waals surface area contributed by atoms with Gasteiger partial charge in [0.05, 0.1) is 4.90 Å². The summed E-state index contributed by atoms with van der Waals surface area (Å²) in [6.45, 7) is -0.0756. The molecule has 1 aliphatic heterocycles. The Hall–Kier alpha value is -1.88. The number of hydrogen-bond acceptors (Lipinski definition) is 4. The van der Waals surface area contributed by atoms with Gasteiger partial charge in [-0.2, -0.15) is 4.72 Å². The van der Waals surface area contributed by atoms with E-state index in [1.165, 1.54) is 24.3 Å². The molecule has 0 aliphatic carbocycles. The number of hydrogen-bond donors (Lipinski definition) is 2. The lowest BCUT2D eigenvalue weighted by Crippen LogP contribution is -2.52. The number of benzene rings is 2. The smallest absolute Gasteiger partial charge is 0.406 e. The van der Waals surface area contributed by atoms with E-state index >= 15 is 0 Å². The number of alkyl halides is 4. The minimum atomic E-state index is -4.89. The zero-order valence-electron chi connectivity index (χ0n) is 14.1. The van der Waals surface area contributed by atoms with Crippen LogP contribution in [0.25, 0.3) is 0 Å². The van der Waals surface area contributed by atoms with E-state index in [1.807, 2.05) is 0 Å². The van der Waals surface area contributed by atoms with Crippen molar-refractivity contribution >= 4 is 21.6 Å². The van der Waals surface area contributed by atoms with E-state index in [4.69, 9.17) is 11.6 Å². The first-order valence-electron chi connectivity index (χ1n) is 8.02. The molecule has 2 N–H and O–H groups in total. The van der Waals surface area contributed by atoms with Gasteiger partial charge in [0, 0.05) is 18.1 Å². The van der Waals surface area contributed by atoms with Crippen LogP contribution in [0.5, 0.6) is 5.75 Å². The molecular weight excluding hydrogens is 424 g/mol. The number of ether oxygens (including phenoxy) is 1. The van der Waals surface area contributed by atoms with Crippen molar-refractivity contribution in [1.82, 2.24) is 10.0 Å². The minimum absolute atomic E-state index is 0.00963. The molecule has 1 heterocycles. The Morgan fingerprint density at radius 3 is 2.21 bits per heavy atom. The van der Waals surface area contributed by atoms with Crippen molar-refractivity contribution < 1.29 is 30.7 Å². The van der Waals surface area contributed by atoms with Crippen LogP contribution in [0.1, 0.15) is 5.56 Å².